The Hall–Kier alpha value is -1.94. The summed E-state index contributed by atoms with van der Waals surface area (Å²) in [6, 6.07) is 0. The van der Waals surface area contributed by atoms with E-state index in [4.69, 9.17) is 0 Å². The molecule has 0 atom stereocenters. The number of nitrogens with zero attached hydrogens (tertiary/aromatic N) is 2. The number of carbonyl (C=O) groups is 1. The zero-order valence-corrected chi connectivity index (χ0v) is 13.2. The van der Waals surface area contributed by atoms with E-state index in [1.165, 1.54) is 9.21 Å². The molecule has 1 amide bonds. The van der Waals surface area contributed by atoms with Gasteiger partial charge in [0, 0.05) is 37.4 Å². The fraction of sp³-hybridized carbons (Fsp3) is 0.583. The second-order valence-corrected chi connectivity index (χ2v) is 7.21. The minimum atomic E-state index is -3.25. The fourth-order valence-corrected chi connectivity index (χ4v) is 3.20. The highest BCUT2D eigenvalue weighted by atomic mass is 32.2. The molecule has 122 valence electrons. The number of nitrogens with one attached hydrogen (secondary N) is 2. The molecular weight excluding hydrogens is 312 g/mol. The molecular formula is C12H18N4O5S. The van der Waals surface area contributed by atoms with Crippen LogP contribution in [-0.4, -0.2) is 65.9 Å². The third-order valence-electron chi connectivity index (χ3n) is 3.64. The van der Waals surface area contributed by atoms with Gasteiger partial charge in [0.15, 0.2) is 0 Å². The normalized spacial score (nSPS) is 16.7. The first-order chi connectivity index (χ1) is 10.2. The lowest BCUT2D eigenvalue weighted by Gasteiger charge is -2.33. The molecule has 1 aliphatic heterocycles. The first-order valence-electron chi connectivity index (χ1n) is 6.73. The maximum Gasteiger partial charge on any atom is 0.325 e. The van der Waals surface area contributed by atoms with Crippen LogP contribution in [0.5, 0.6) is 0 Å². The van der Waals surface area contributed by atoms with E-state index in [1.807, 2.05) is 0 Å². The smallest absolute Gasteiger partial charge is 0.325 e. The lowest BCUT2D eigenvalue weighted by molar-refractivity contribution is -0.131. The largest absolute Gasteiger partial charge is 0.340 e. The van der Waals surface area contributed by atoms with Crippen molar-refractivity contribution in [1.82, 2.24) is 19.2 Å². The van der Waals surface area contributed by atoms with Crippen LogP contribution in [0.3, 0.4) is 0 Å². The predicted octanol–water partition coefficient (Wildman–Crippen LogP) is -1.98. The number of H-pyrrole nitrogens is 2. The van der Waals surface area contributed by atoms with E-state index in [1.54, 1.807) is 6.92 Å². The van der Waals surface area contributed by atoms with Gasteiger partial charge in [-0.1, -0.05) is 0 Å². The highest BCUT2D eigenvalue weighted by Crippen LogP contribution is 2.08. The number of sulfonamides is 1. The zero-order valence-electron chi connectivity index (χ0n) is 12.4. The monoisotopic (exact) mass is 330 g/mol. The summed E-state index contributed by atoms with van der Waals surface area (Å²) in [7, 11) is -3.25. The van der Waals surface area contributed by atoms with Gasteiger partial charge < -0.3 is 9.88 Å². The standard InChI is InChI=1S/C12H18N4O5S/c1-8-9(11(18)14-12(19)13-8)7-10(17)15-3-5-16(6-4-15)22(2,20)21/h3-7H2,1-2H3,(H2,13,14,18,19). The van der Waals surface area contributed by atoms with E-state index in [0.717, 1.165) is 6.26 Å². The third kappa shape index (κ3) is 3.63. The number of hydrogen-bond donors (Lipinski definition) is 2. The molecule has 0 saturated carbocycles. The number of rotatable bonds is 3. The molecule has 0 aliphatic carbocycles. The van der Waals surface area contributed by atoms with Crippen molar-refractivity contribution in [2.24, 2.45) is 0 Å². The number of hydrogen-bond acceptors (Lipinski definition) is 5. The van der Waals surface area contributed by atoms with Gasteiger partial charge in [0.2, 0.25) is 15.9 Å². The number of carbonyl (C=O) groups excluding carboxylic acids is 1. The molecule has 0 spiro atoms. The lowest BCUT2D eigenvalue weighted by atomic mass is 10.1. The summed E-state index contributed by atoms with van der Waals surface area (Å²) in [5, 5.41) is 0. The molecule has 0 radical (unpaired) electrons. The third-order valence-corrected chi connectivity index (χ3v) is 4.95. The van der Waals surface area contributed by atoms with Gasteiger partial charge in [0.25, 0.3) is 5.56 Å². The molecule has 0 bridgehead atoms. The minimum Gasteiger partial charge on any atom is -0.340 e. The lowest BCUT2D eigenvalue weighted by Crippen LogP contribution is -2.50. The van der Waals surface area contributed by atoms with Crippen LogP contribution in [0.25, 0.3) is 0 Å². The Morgan fingerprint density at radius 1 is 1.14 bits per heavy atom. The number of aromatic nitrogens is 2. The maximum absolute atomic E-state index is 12.2. The fourth-order valence-electron chi connectivity index (χ4n) is 2.37. The van der Waals surface area contributed by atoms with Gasteiger partial charge in [0.1, 0.15) is 0 Å². The molecule has 0 unspecified atom stereocenters. The SMILES string of the molecule is Cc1[nH]c(=O)[nH]c(=O)c1CC(=O)N1CCN(S(C)(=O)=O)CC1. The number of aromatic amines is 2. The Balaban J connectivity index is 2.06. The van der Waals surface area contributed by atoms with Crippen molar-refractivity contribution in [2.45, 2.75) is 13.3 Å². The van der Waals surface area contributed by atoms with Crippen molar-refractivity contribution in [3.8, 4) is 0 Å². The summed E-state index contributed by atoms with van der Waals surface area (Å²) < 4.78 is 24.2. The second-order valence-electron chi connectivity index (χ2n) is 5.23. The summed E-state index contributed by atoms with van der Waals surface area (Å²) >= 11 is 0. The van der Waals surface area contributed by atoms with E-state index in [-0.39, 0.29) is 44.1 Å². The average Bonchev–Trinajstić information content (AvgIpc) is 2.41. The minimum absolute atomic E-state index is 0.128. The molecule has 2 N–H and O–H groups in total. The highest BCUT2D eigenvalue weighted by molar-refractivity contribution is 7.88. The van der Waals surface area contributed by atoms with Gasteiger partial charge in [-0.15, -0.1) is 0 Å². The first kappa shape index (κ1) is 16.4. The Labute approximate surface area is 127 Å². The van der Waals surface area contributed by atoms with Crippen molar-refractivity contribution < 1.29 is 13.2 Å². The average molecular weight is 330 g/mol. The Morgan fingerprint density at radius 2 is 1.73 bits per heavy atom. The van der Waals surface area contributed by atoms with E-state index >= 15 is 0 Å². The molecule has 1 fully saturated rings. The van der Waals surface area contributed by atoms with Crippen molar-refractivity contribution in [2.75, 3.05) is 32.4 Å². The predicted molar refractivity (Wildman–Crippen MR) is 79.1 cm³/mol. The van der Waals surface area contributed by atoms with Crippen LogP contribution in [0.4, 0.5) is 0 Å². The van der Waals surface area contributed by atoms with Gasteiger partial charge in [0.05, 0.1) is 12.7 Å². The number of piperazine rings is 1. The van der Waals surface area contributed by atoms with Gasteiger partial charge in [-0.2, -0.15) is 4.31 Å². The molecule has 1 saturated heterocycles. The molecule has 1 aromatic heterocycles. The van der Waals surface area contributed by atoms with Crippen LogP contribution in [0.15, 0.2) is 9.59 Å². The Bertz CT molecular complexity index is 786. The summed E-state index contributed by atoms with van der Waals surface area (Å²) in [6.07, 6.45) is 1.00. The van der Waals surface area contributed by atoms with Crippen LogP contribution in [0, 0.1) is 6.92 Å². The first-order valence-corrected chi connectivity index (χ1v) is 8.58. The topological polar surface area (TPSA) is 123 Å². The Morgan fingerprint density at radius 3 is 2.23 bits per heavy atom. The summed E-state index contributed by atoms with van der Waals surface area (Å²) in [4.78, 5) is 41.1. The maximum atomic E-state index is 12.2. The van der Waals surface area contributed by atoms with Crippen molar-refractivity contribution >= 4 is 15.9 Å². The summed E-state index contributed by atoms with van der Waals surface area (Å²) in [6.45, 7) is 2.61. The molecule has 9 nitrogen and oxygen atoms in total. The summed E-state index contributed by atoms with van der Waals surface area (Å²) in [5.74, 6) is -0.270. The van der Waals surface area contributed by atoms with Gasteiger partial charge in [-0.05, 0) is 6.92 Å². The molecule has 0 aromatic carbocycles. The summed E-state index contributed by atoms with van der Waals surface area (Å²) in [5.41, 5.74) is -0.614. The van der Waals surface area contributed by atoms with E-state index in [2.05, 4.69) is 9.97 Å². The van der Waals surface area contributed by atoms with Gasteiger partial charge in [-0.3, -0.25) is 14.6 Å². The molecule has 22 heavy (non-hydrogen) atoms. The molecule has 10 heteroatoms. The van der Waals surface area contributed by atoms with Crippen LogP contribution in [-0.2, 0) is 21.2 Å². The van der Waals surface area contributed by atoms with Gasteiger partial charge in [-0.25, -0.2) is 13.2 Å². The van der Waals surface area contributed by atoms with Crippen molar-refractivity contribution in [3.63, 3.8) is 0 Å². The van der Waals surface area contributed by atoms with E-state index in [0.29, 0.717) is 5.69 Å². The van der Waals surface area contributed by atoms with Crippen LogP contribution in [0.1, 0.15) is 11.3 Å². The van der Waals surface area contributed by atoms with E-state index < -0.39 is 21.3 Å². The Kier molecular flexibility index (Phi) is 4.52. The molecule has 1 aliphatic rings. The number of amides is 1. The molecule has 2 rings (SSSR count). The molecule has 2 heterocycles. The van der Waals surface area contributed by atoms with Crippen LogP contribution < -0.4 is 11.2 Å². The highest BCUT2D eigenvalue weighted by Gasteiger charge is 2.26. The van der Waals surface area contributed by atoms with Crippen LogP contribution >= 0.6 is 0 Å². The molecule has 1 aromatic rings. The quantitative estimate of drug-likeness (QED) is 0.664. The number of aryl methyl sites for hydroxylation is 1. The van der Waals surface area contributed by atoms with Crippen molar-refractivity contribution in [1.29, 1.82) is 0 Å². The second kappa shape index (κ2) is 6.05. The zero-order chi connectivity index (χ0) is 16.5. The van der Waals surface area contributed by atoms with E-state index in [9.17, 15) is 22.8 Å². The van der Waals surface area contributed by atoms with Crippen LogP contribution in [0.2, 0.25) is 0 Å². The van der Waals surface area contributed by atoms with Crippen molar-refractivity contribution in [3.05, 3.63) is 32.1 Å². The van der Waals surface area contributed by atoms with Gasteiger partial charge >= 0.3 is 5.69 Å².